The lowest BCUT2D eigenvalue weighted by molar-refractivity contribution is 0.0327. The lowest BCUT2D eigenvalue weighted by atomic mass is 9.58. The molecule has 0 bridgehead atoms. The van der Waals surface area contributed by atoms with E-state index in [9.17, 15) is 0 Å². The zero-order valence-corrected chi connectivity index (χ0v) is 8.32. The Labute approximate surface area is 71.4 Å². The molecule has 0 aromatic carbocycles. The summed E-state index contributed by atoms with van der Waals surface area (Å²) in [6, 6.07) is 0. The van der Waals surface area contributed by atoms with Crippen LogP contribution in [0.15, 0.2) is 0 Å². The van der Waals surface area contributed by atoms with E-state index in [2.05, 4.69) is 20.8 Å². The van der Waals surface area contributed by atoms with Crippen LogP contribution in [0.1, 0.15) is 59.3 Å². The Morgan fingerprint density at radius 1 is 1.27 bits per heavy atom. The lowest BCUT2D eigenvalue weighted by Gasteiger charge is -2.47. The minimum Gasteiger partial charge on any atom is -0.0654 e. The third-order valence-corrected chi connectivity index (χ3v) is 3.51. The fraction of sp³-hybridized carbons (Fsp3) is 1.00. The van der Waals surface area contributed by atoms with E-state index in [-0.39, 0.29) is 0 Å². The van der Waals surface area contributed by atoms with E-state index < -0.39 is 0 Å². The topological polar surface area (TPSA) is 0 Å². The summed E-state index contributed by atoms with van der Waals surface area (Å²) < 4.78 is 0. The molecule has 1 rings (SSSR count). The molecule has 1 fully saturated rings. The van der Waals surface area contributed by atoms with E-state index in [1.165, 1.54) is 38.5 Å². The Hall–Kier alpha value is 0. The van der Waals surface area contributed by atoms with Gasteiger partial charge >= 0.3 is 0 Å². The van der Waals surface area contributed by atoms with Gasteiger partial charge in [-0.1, -0.05) is 40.0 Å². The van der Waals surface area contributed by atoms with Crippen molar-refractivity contribution in [3.05, 3.63) is 0 Å². The second kappa shape index (κ2) is 3.60. The lowest BCUT2D eigenvalue weighted by Crippen LogP contribution is -2.37. The van der Waals surface area contributed by atoms with Gasteiger partial charge in [0.1, 0.15) is 0 Å². The first-order valence-corrected chi connectivity index (χ1v) is 5.23. The Bertz CT molecular complexity index is 117. The fourth-order valence-corrected chi connectivity index (χ4v) is 2.58. The standard InChI is InChI=1S/C11H22/c1-4-6-10-7-9-11(10,3)8-5-2/h10H,4-9H2,1-3H3. The molecule has 1 aliphatic rings. The van der Waals surface area contributed by atoms with E-state index in [1.807, 2.05) is 0 Å². The van der Waals surface area contributed by atoms with E-state index in [1.54, 1.807) is 0 Å². The van der Waals surface area contributed by atoms with Crippen LogP contribution in [-0.2, 0) is 0 Å². The summed E-state index contributed by atoms with van der Waals surface area (Å²) in [6.07, 6.45) is 8.67. The van der Waals surface area contributed by atoms with Crippen molar-refractivity contribution in [3.8, 4) is 0 Å². The highest BCUT2D eigenvalue weighted by Gasteiger charge is 2.40. The minimum absolute atomic E-state index is 0.741. The highest BCUT2D eigenvalue weighted by atomic mass is 14.5. The molecule has 66 valence electrons. The fourth-order valence-electron chi connectivity index (χ4n) is 2.58. The Morgan fingerprint density at radius 3 is 2.36 bits per heavy atom. The molecule has 1 saturated carbocycles. The van der Waals surface area contributed by atoms with Gasteiger partial charge in [-0.15, -0.1) is 0 Å². The van der Waals surface area contributed by atoms with Crippen molar-refractivity contribution in [2.24, 2.45) is 11.3 Å². The van der Waals surface area contributed by atoms with E-state index in [4.69, 9.17) is 0 Å². The Kier molecular flexibility index (Phi) is 2.98. The van der Waals surface area contributed by atoms with Crippen molar-refractivity contribution in [3.63, 3.8) is 0 Å². The summed E-state index contributed by atoms with van der Waals surface area (Å²) in [5.41, 5.74) is 0.741. The molecule has 0 aromatic heterocycles. The maximum atomic E-state index is 2.49. The van der Waals surface area contributed by atoms with E-state index in [0.29, 0.717) is 0 Å². The zero-order valence-electron chi connectivity index (χ0n) is 8.32. The molecule has 0 N–H and O–H groups in total. The van der Waals surface area contributed by atoms with Gasteiger partial charge in [-0.05, 0) is 30.6 Å². The van der Waals surface area contributed by atoms with Crippen LogP contribution in [0.25, 0.3) is 0 Å². The van der Waals surface area contributed by atoms with Crippen LogP contribution in [0.3, 0.4) is 0 Å². The normalized spacial score (nSPS) is 36.8. The Morgan fingerprint density at radius 2 is 2.00 bits per heavy atom. The molecule has 1 aliphatic carbocycles. The molecule has 0 saturated heterocycles. The average molecular weight is 154 g/mol. The monoisotopic (exact) mass is 154 g/mol. The van der Waals surface area contributed by atoms with Gasteiger partial charge in [0, 0.05) is 0 Å². The quantitative estimate of drug-likeness (QED) is 0.574. The van der Waals surface area contributed by atoms with Crippen LogP contribution in [0.4, 0.5) is 0 Å². The maximum absolute atomic E-state index is 2.49. The van der Waals surface area contributed by atoms with Gasteiger partial charge in [0.05, 0.1) is 0 Å². The van der Waals surface area contributed by atoms with E-state index >= 15 is 0 Å². The first kappa shape index (κ1) is 9.09. The van der Waals surface area contributed by atoms with Crippen molar-refractivity contribution >= 4 is 0 Å². The van der Waals surface area contributed by atoms with E-state index in [0.717, 1.165) is 11.3 Å². The van der Waals surface area contributed by atoms with Gasteiger partial charge < -0.3 is 0 Å². The third kappa shape index (κ3) is 1.77. The van der Waals surface area contributed by atoms with Gasteiger partial charge in [0.15, 0.2) is 0 Å². The maximum Gasteiger partial charge on any atom is -0.0298 e. The highest BCUT2D eigenvalue weighted by molar-refractivity contribution is 4.91. The molecule has 0 heteroatoms. The molecule has 0 radical (unpaired) electrons. The molecule has 0 aromatic rings. The molecule has 0 spiro atoms. The molecule has 0 heterocycles. The van der Waals surface area contributed by atoms with Crippen LogP contribution < -0.4 is 0 Å². The third-order valence-electron chi connectivity index (χ3n) is 3.51. The van der Waals surface area contributed by atoms with Gasteiger partial charge in [-0.3, -0.25) is 0 Å². The average Bonchev–Trinajstić information content (AvgIpc) is 1.99. The minimum atomic E-state index is 0.741. The van der Waals surface area contributed by atoms with Crippen LogP contribution >= 0.6 is 0 Å². The van der Waals surface area contributed by atoms with Crippen molar-refractivity contribution in [2.45, 2.75) is 59.3 Å². The first-order valence-electron chi connectivity index (χ1n) is 5.23. The summed E-state index contributed by atoms with van der Waals surface area (Å²) in [5.74, 6) is 1.06. The predicted octanol–water partition coefficient (Wildman–Crippen LogP) is 4.00. The molecule has 0 nitrogen and oxygen atoms in total. The van der Waals surface area contributed by atoms with Crippen LogP contribution in [-0.4, -0.2) is 0 Å². The molecular weight excluding hydrogens is 132 g/mol. The van der Waals surface area contributed by atoms with Crippen LogP contribution in [0, 0.1) is 11.3 Å². The number of hydrogen-bond acceptors (Lipinski definition) is 0. The van der Waals surface area contributed by atoms with Gasteiger partial charge in [0.25, 0.3) is 0 Å². The largest absolute Gasteiger partial charge is 0.0654 e. The molecule has 11 heavy (non-hydrogen) atoms. The van der Waals surface area contributed by atoms with Gasteiger partial charge in [0.2, 0.25) is 0 Å². The SMILES string of the molecule is CCCC1CCC1(C)CCC. The zero-order chi connectivity index (χ0) is 8.32. The van der Waals surface area contributed by atoms with Crippen molar-refractivity contribution in [2.75, 3.05) is 0 Å². The number of rotatable bonds is 4. The molecule has 2 atom stereocenters. The summed E-state index contributed by atoms with van der Waals surface area (Å²) in [7, 11) is 0. The van der Waals surface area contributed by atoms with Crippen LogP contribution in [0.2, 0.25) is 0 Å². The van der Waals surface area contributed by atoms with Crippen LogP contribution in [0.5, 0.6) is 0 Å². The smallest absolute Gasteiger partial charge is 0.0298 e. The summed E-state index contributed by atoms with van der Waals surface area (Å²) >= 11 is 0. The highest BCUT2D eigenvalue weighted by Crippen LogP contribution is 2.51. The number of hydrogen-bond donors (Lipinski definition) is 0. The van der Waals surface area contributed by atoms with Gasteiger partial charge in [-0.2, -0.15) is 0 Å². The van der Waals surface area contributed by atoms with Crippen molar-refractivity contribution in [1.29, 1.82) is 0 Å². The first-order chi connectivity index (χ1) is 5.23. The summed E-state index contributed by atoms with van der Waals surface area (Å²) in [6.45, 7) is 7.11. The second-order valence-corrected chi connectivity index (χ2v) is 4.43. The van der Waals surface area contributed by atoms with Gasteiger partial charge in [-0.25, -0.2) is 0 Å². The molecular formula is C11H22. The molecule has 0 amide bonds. The second-order valence-electron chi connectivity index (χ2n) is 4.43. The predicted molar refractivity (Wildman–Crippen MR) is 50.6 cm³/mol. The van der Waals surface area contributed by atoms with Crippen molar-refractivity contribution in [1.82, 2.24) is 0 Å². The summed E-state index contributed by atoms with van der Waals surface area (Å²) in [5, 5.41) is 0. The van der Waals surface area contributed by atoms with Crippen molar-refractivity contribution < 1.29 is 0 Å². The summed E-state index contributed by atoms with van der Waals surface area (Å²) in [4.78, 5) is 0. The Balaban J connectivity index is 2.32. The molecule has 0 aliphatic heterocycles. The molecule has 2 unspecified atom stereocenters.